The van der Waals surface area contributed by atoms with Gasteiger partial charge in [-0.2, -0.15) is 4.72 Å². The minimum atomic E-state index is -3.71. The minimum absolute atomic E-state index is 0.0154. The predicted octanol–water partition coefficient (Wildman–Crippen LogP) is 2.95. The maximum atomic E-state index is 14.2. The Kier molecular flexibility index (Phi) is 4.92. The molecule has 2 aliphatic heterocycles. The van der Waals surface area contributed by atoms with Crippen LogP contribution in [0.3, 0.4) is 0 Å². The van der Waals surface area contributed by atoms with Crippen LogP contribution in [-0.4, -0.2) is 38.6 Å². The molecule has 1 fully saturated rings. The number of rotatable bonds is 4. The Morgan fingerprint density at radius 3 is 2.52 bits per heavy atom. The number of hydrogen-bond donors (Lipinski definition) is 2. The Morgan fingerprint density at radius 2 is 1.78 bits per heavy atom. The van der Waals surface area contributed by atoms with Gasteiger partial charge in [-0.1, -0.05) is 36.4 Å². The largest absolute Gasteiger partial charge is 0.363 e. The van der Waals surface area contributed by atoms with E-state index in [1.54, 1.807) is 0 Å². The molecule has 1 saturated heterocycles. The molecule has 2 aromatic rings. The first-order chi connectivity index (χ1) is 13.0. The molecule has 0 radical (unpaired) electrons. The van der Waals surface area contributed by atoms with Gasteiger partial charge in [-0.25, -0.2) is 12.8 Å². The number of para-hydroxylation sites is 1. The van der Waals surface area contributed by atoms with Gasteiger partial charge in [-0.05, 0) is 49.9 Å². The third kappa shape index (κ3) is 3.85. The highest BCUT2D eigenvalue weighted by Crippen LogP contribution is 2.36. The highest BCUT2D eigenvalue weighted by Gasteiger charge is 2.43. The van der Waals surface area contributed by atoms with Gasteiger partial charge in [-0.3, -0.25) is 0 Å². The molecule has 0 saturated carbocycles. The van der Waals surface area contributed by atoms with Crippen LogP contribution in [0, 0.1) is 5.82 Å². The third-order valence-electron chi connectivity index (χ3n) is 5.45. The zero-order chi connectivity index (χ0) is 18.9. The average Bonchev–Trinajstić information content (AvgIpc) is 2.65. The summed E-state index contributed by atoms with van der Waals surface area (Å²) in [6.07, 6.45) is 3.30. The van der Waals surface area contributed by atoms with Gasteiger partial charge in [0.05, 0.1) is 5.69 Å². The summed E-state index contributed by atoms with van der Waals surface area (Å²) in [5.41, 5.74) is 0.623. The molecule has 0 atom stereocenters. The van der Waals surface area contributed by atoms with Gasteiger partial charge in [0.1, 0.15) is 16.4 Å². The molecule has 2 aliphatic rings. The van der Waals surface area contributed by atoms with Crippen molar-refractivity contribution in [2.24, 2.45) is 0 Å². The van der Waals surface area contributed by atoms with E-state index in [9.17, 15) is 12.8 Å². The van der Waals surface area contributed by atoms with Crippen molar-refractivity contribution in [3.63, 3.8) is 0 Å². The van der Waals surface area contributed by atoms with E-state index in [2.05, 4.69) is 39.2 Å². The number of sulfonamides is 1. The molecule has 5 nitrogen and oxygen atoms in total. The zero-order valence-corrected chi connectivity index (χ0v) is 15.9. The molecule has 0 aliphatic carbocycles. The van der Waals surface area contributed by atoms with Crippen molar-refractivity contribution in [2.45, 2.75) is 36.2 Å². The molecular weight excluding hydrogens is 365 g/mol. The number of likely N-dealkylation sites (tertiary alicyclic amines) is 1. The summed E-state index contributed by atoms with van der Waals surface area (Å²) in [6, 6.07) is 14.5. The topological polar surface area (TPSA) is 61.4 Å². The Morgan fingerprint density at radius 1 is 1.04 bits per heavy atom. The summed E-state index contributed by atoms with van der Waals surface area (Å²) in [4.78, 5) is 2.33. The molecule has 27 heavy (non-hydrogen) atoms. The highest BCUT2D eigenvalue weighted by atomic mass is 32.2. The Balaban J connectivity index is 1.38. The highest BCUT2D eigenvalue weighted by molar-refractivity contribution is 7.89. The lowest BCUT2D eigenvalue weighted by Crippen LogP contribution is -2.62. The summed E-state index contributed by atoms with van der Waals surface area (Å²) in [5, 5.41) is 3.15. The lowest BCUT2D eigenvalue weighted by molar-refractivity contribution is 0.163. The van der Waals surface area contributed by atoms with Gasteiger partial charge in [0.15, 0.2) is 0 Å². The van der Waals surface area contributed by atoms with Crippen LogP contribution in [0.1, 0.15) is 24.8 Å². The first kappa shape index (κ1) is 18.4. The van der Waals surface area contributed by atoms with E-state index in [0.717, 1.165) is 32.5 Å². The van der Waals surface area contributed by atoms with E-state index in [0.29, 0.717) is 12.8 Å². The monoisotopic (exact) mass is 389 g/mol. The summed E-state index contributed by atoms with van der Waals surface area (Å²) in [7, 11) is -3.71. The fourth-order valence-electron chi connectivity index (χ4n) is 3.96. The number of nitrogens with one attached hydrogen (secondary N) is 2. The summed E-state index contributed by atoms with van der Waals surface area (Å²) < 4.78 is 42.1. The van der Waals surface area contributed by atoms with Gasteiger partial charge in [0, 0.05) is 13.1 Å². The van der Waals surface area contributed by atoms with Crippen LogP contribution < -0.4 is 10.0 Å². The number of halogens is 1. The van der Waals surface area contributed by atoms with E-state index in [1.165, 1.54) is 23.8 Å². The van der Waals surface area contributed by atoms with Crippen LogP contribution in [-0.2, 0) is 16.4 Å². The Hall–Kier alpha value is -1.96. The van der Waals surface area contributed by atoms with Crippen LogP contribution >= 0.6 is 0 Å². The molecule has 0 bridgehead atoms. The molecule has 7 heteroatoms. The van der Waals surface area contributed by atoms with Gasteiger partial charge in [0.25, 0.3) is 0 Å². The van der Waals surface area contributed by atoms with Crippen LogP contribution in [0.25, 0.3) is 0 Å². The standard InChI is InChI=1S/C20H24FN3O2S/c21-17-9-4-10-18-19(17)22-20(23-27(18,25)26)11-14-24(15-12-20)13-5-8-16-6-2-1-3-7-16/h1-4,6-7,9-10,22-23H,5,8,11-15H2. The van der Waals surface area contributed by atoms with E-state index in [1.807, 2.05) is 6.07 Å². The summed E-state index contributed by atoms with van der Waals surface area (Å²) >= 11 is 0. The Bertz CT molecular complexity index is 910. The molecule has 2 heterocycles. The fraction of sp³-hybridized carbons (Fsp3) is 0.400. The summed E-state index contributed by atoms with van der Waals surface area (Å²) in [5.74, 6) is -0.526. The first-order valence-electron chi connectivity index (χ1n) is 9.34. The van der Waals surface area contributed by atoms with Crippen molar-refractivity contribution in [3.8, 4) is 0 Å². The van der Waals surface area contributed by atoms with Crippen molar-refractivity contribution in [3.05, 3.63) is 59.9 Å². The number of nitrogens with zero attached hydrogens (tertiary/aromatic N) is 1. The normalized spacial score (nSPS) is 20.8. The van der Waals surface area contributed by atoms with E-state index in [4.69, 9.17) is 0 Å². The maximum Gasteiger partial charge on any atom is 0.244 e. The van der Waals surface area contributed by atoms with Gasteiger partial charge < -0.3 is 10.2 Å². The first-order valence-corrected chi connectivity index (χ1v) is 10.8. The minimum Gasteiger partial charge on any atom is -0.363 e. The van der Waals surface area contributed by atoms with Gasteiger partial charge in [0.2, 0.25) is 10.0 Å². The third-order valence-corrected chi connectivity index (χ3v) is 7.03. The molecule has 144 valence electrons. The molecular formula is C20H24FN3O2S. The average molecular weight is 389 g/mol. The van der Waals surface area contributed by atoms with Crippen molar-refractivity contribution in [1.29, 1.82) is 0 Å². The fourth-order valence-corrected chi connectivity index (χ4v) is 5.52. The second kappa shape index (κ2) is 7.22. The smallest absolute Gasteiger partial charge is 0.244 e. The van der Waals surface area contributed by atoms with Crippen LogP contribution in [0.4, 0.5) is 10.1 Å². The summed E-state index contributed by atoms with van der Waals surface area (Å²) in [6.45, 7) is 2.52. The quantitative estimate of drug-likeness (QED) is 0.844. The lowest BCUT2D eigenvalue weighted by Gasteiger charge is -2.45. The van der Waals surface area contributed by atoms with Crippen molar-refractivity contribution in [1.82, 2.24) is 9.62 Å². The van der Waals surface area contributed by atoms with E-state index >= 15 is 0 Å². The second-order valence-electron chi connectivity index (χ2n) is 7.36. The predicted molar refractivity (Wildman–Crippen MR) is 104 cm³/mol. The van der Waals surface area contributed by atoms with Crippen molar-refractivity contribution >= 4 is 15.7 Å². The SMILES string of the molecule is O=S1(=O)NC2(CCN(CCCc3ccccc3)CC2)Nc2c(F)cccc21. The van der Waals surface area contributed by atoms with Crippen molar-refractivity contribution < 1.29 is 12.8 Å². The van der Waals surface area contributed by atoms with Crippen LogP contribution in [0.2, 0.25) is 0 Å². The lowest BCUT2D eigenvalue weighted by atomic mass is 9.96. The molecule has 2 N–H and O–H groups in total. The number of piperidine rings is 1. The second-order valence-corrected chi connectivity index (χ2v) is 9.01. The molecule has 0 aromatic heterocycles. The zero-order valence-electron chi connectivity index (χ0n) is 15.1. The number of aryl methyl sites for hydroxylation is 1. The molecule has 0 amide bonds. The van der Waals surface area contributed by atoms with E-state index in [-0.39, 0.29) is 10.6 Å². The molecule has 0 unspecified atom stereocenters. The number of benzene rings is 2. The van der Waals surface area contributed by atoms with Gasteiger partial charge in [-0.15, -0.1) is 0 Å². The molecule has 4 rings (SSSR count). The maximum absolute atomic E-state index is 14.2. The number of anilines is 1. The van der Waals surface area contributed by atoms with Gasteiger partial charge >= 0.3 is 0 Å². The molecule has 1 spiro atoms. The molecule has 2 aromatic carbocycles. The van der Waals surface area contributed by atoms with Crippen LogP contribution in [0.5, 0.6) is 0 Å². The Labute approximate surface area is 159 Å². The number of hydrogen-bond acceptors (Lipinski definition) is 4. The van der Waals surface area contributed by atoms with Crippen LogP contribution in [0.15, 0.2) is 53.4 Å². The number of fused-ring (bicyclic) bond motifs is 1. The van der Waals surface area contributed by atoms with E-state index < -0.39 is 21.5 Å². The van der Waals surface area contributed by atoms with Crippen molar-refractivity contribution in [2.75, 3.05) is 25.0 Å².